The number of nitrogens with zero attached hydrogens (tertiary/aromatic N) is 2. The van der Waals surface area contributed by atoms with Gasteiger partial charge in [-0.2, -0.15) is 0 Å². The molecule has 1 amide bonds. The summed E-state index contributed by atoms with van der Waals surface area (Å²) in [6.45, 7) is 4.63. The largest absolute Gasteiger partial charge is 0.368 e. The van der Waals surface area contributed by atoms with Gasteiger partial charge in [0.05, 0.1) is 12.9 Å². The molecule has 0 spiro atoms. The number of nitrogens with one attached hydrogen (secondary N) is 1. The molecule has 0 aliphatic heterocycles. The van der Waals surface area contributed by atoms with Crippen LogP contribution in [-0.4, -0.2) is 27.0 Å². The number of hydrogen-bond acceptors (Lipinski definition) is 3. The van der Waals surface area contributed by atoms with E-state index < -0.39 is 5.54 Å². The van der Waals surface area contributed by atoms with Crippen LogP contribution in [0.2, 0.25) is 0 Å². The van der Waals surface area contributed by atoms with Gasteiger partial charge in [0.15, 0.2) is 0 Å². The first-order valence-electron chi connectivity index (χ1n) is 6.08. The number of aromatic nitrogens is 2. The molecule has 1 fully saturated rings. The van der Waals surface area contributed by atoms with Crippen LogP contribution in [0.25, 0.3) is 0 Å². The summed E-state index contributed by atoms with van der Waals surface area (Å²) in [5.41, 5.74) is 5.01. The van der Waals surface area contributed by atoms with Crippen molar-refractivity contribution in [3.63, 3.8) is 0 Å². The zero-order valence-electron chi connectivity index (χ0n) is 10.4. The second-order valence-electron chi connectivity index (χ2n) is 5.14. The van der Waals surface area contributed by atoms with Crippen molar-refractivity contribution in [3.8, 4) is 0 Å². The Kier molecular flexibility index (Phi) is 3.19. The normalized spacial score (nSPS) is 19.2. The van der Waals surface area contributed by atoms with Crippen molar-refractivity contribution in [1.82, 2.24) is 14.9 Å². The smallest absolute Gasteiger partial charge is 0.239 e. The summed E-state index contributed by atoms with van der Waals surface area (Å²) in [5.74, 6) is 0.0900. The van der Waals surface area contributed by atoms with Crippen molar-refractivity contribution in [2.24, 2.45) is 11.7 Å². The summed E-state index contributed by atoms with van der Waals surface area (Å²) in [6, 6.07) is 0.228. The summed E-state index contributed by atoms with van der Waals surface area (Å²) in [4.78, 5) is 15.9. The average molecular weight is 236 g/mol. The highest BCUT2D eigenvalue weighted by Crippen LogP contribution is 2.41. The monoisotopic (exact) mass is 236 g/mol. The standard InChI is InChI=1S/C12H20N4O/c1-9(2)15-12(11(13)17,10-3-4-10)7-16-6-5-14-8-16/h5-6,8-10,15H,3-4,7H2,1-2H3,(H2,13,17). The van der Waals surface area contributed by atoms with Crippen LogP contribution in [0, 0.1) is 5.92 Å². The van der Waals surface area contributed by atoms with Gasteiger partial charge in [0, 0.05) is 18.4 Å². The summed E-state index contributed by atoms with van der Waals surface area (Å²) in [6.07, 6.45) is 7.44. The lowest BCUT2D eigenvalue weighted by atomic mass is 9.91. The molecule has 94 valence electrons. The minimum absolute atomic E-state index is 0.228. The fraction of sp³-hybridized carbons (Fsp3) is 0.667. The maximum atomic E-state index is 11.9. The third kappa shape index (κ3) is 2.49. The van der Waals surface area contributed by atoms with E-state index in [9.17, 15) is 4.79 Å². The van der Waals surface area contributed by atoms with Gasteiger partial charge in [-0.05, 0) is 32.6 Å². The third-order valence-corrected chi connectivity index (χ3v) is 3.25. The van der Waals surface area contributed by atoms with E-state index in [0.29, 0.717) is 12.5 Å². The molecule has 0 aromatic carbocycles. The molecular formula is C12H20N4O. The molecular weight excluding hydrogens is 216 g/mol. The van der Waals surface area contributed by atoms with Crippen molar-refractivity contribution in [3.05, 3.63) is 18.7 Å². The molecule has 0 radical (unpaired) electrons. The van der Waals surface area contributed by atoms with Crippen LogP contribution in [0.5, 0.6) is 0 Å². The summed E-state index contributed by atoms with van der Waals surface area (Å²) >= 11 is 0. The van der Waals surface area contributed by atoms with E-state index in [1.54, 1.807) is 12.5 Å². The van der Waals surface area contributed by atoms with Crippen molar-refractivity contribution in [1.29, 1.82) is 0 Å². The first kappa shape index (κ1) is 12.1. The molecule has 3 N–H and O–H groups in total. The average Bonchev–Trinajstić information content (AvgIpc) is 2.97. The van der Waals surface area contributed by atoms with Gasteiger partial charge in [-0.3, -0.25) is 10.1 Å². The maximum absolute atomic E-state index is 11.9. The van der Waals surface area contributed by atoms with Gasteiger partial charge in [-0.1, -0.05) is 0 Å². The topological polar surface area (TPSA) is 72.9 Å². The second kappa shape index (κ2) is 4.49. The van der Waals surface area contributed by atoms with E-state index in [4.69, 9.17) is 5.73 Å². The van der Waals surface area contributed by atoms with Gasteiger partial charge >= 0.3 is 0 Å². The Balaban J connectivity index is 2.23. The van der Waals surface area contributed by atoms with Gasteiger partial charge in [-0.15, -0.1) is 0 Å². The van der Waals surface area contributed by atoms with E-state index in [2.05, 4.69) is 10.3 Å². The summed E-state index contributed by atoms with van der Waals surface area (Å²) < 4.78 is 1.92. The van der Waals surface area contributed by atoms with E-state index >= 15 is 0 Å². The van der Waals surface area contributed by atoms with Gasteiger partial charge in [0.1, 0.15) is 5.54 Å². The Labute approximate surface area is 101 Å². The van der Waals surface area contributed by atoms with Crippen molar-refractivity contribution < 1.29 is 4.79 Å². The van der Waals surface area contributed by atoms with Crippen LogP contribution in [0.3, 0.4) is 0 Å². The maximum Gasteiger partial charge on any atom is 0.239 e. The number of rotatable bonds is 6. The predicted octanol–water partition coefficient (Wildman–Crippen LogP) is 0.515. The number of hydrogen-bond donors (Lipinski definition) is 2. The Morgan fingerprint density at radius 2 is 2.35 bits per heavy atom. The highest BCUT2D eigenvalue weighted by atomic mass is 16.1. The number of carbonyl (C=O) groups excluding carboxylic acids is 1. The minimum atomic E-state index is -0.630. The van der Waals surface area contributed by atoms with Crippen LogP contribution < -0.4 is 11.1 Å². The van der Waals surface area contributed by atoms with Gasteiger partial charge in [0.2, 0.25) is 5.91 Å². The van der Waals surface area contributed by atoms with Crippen LogP contribution in [0.4, 0.5) is 0 Å². The van der Waals surface area contributed by atoms with E-state index in [1.165, 1.54) is 0 Å². The molecule has 5 nitrogen and oxygen atoms in total. The van der Waals surface area contributed by atoms with Crippen molar-refractivity contribution in [2.75, 3.05) is 0 Å². The highest BCUT2D eigenvalue weighted by molar-refractivity contribution is 5.85. The molecule has 1 aliphatic rings. The zero-order chi connectivity index (χ0) is 12.5. The lowest BCUT2D eigenvalue weighted by Gasteiger charge is -2.34. The lowest BCUT2D eigenvalue weighted by Crippen LogP contribution is -2.61. The summed E-state index contributed by atoms with van der Waals surface area (Å²) in [5, 5.41) is 3.37. The molecule has 1 heterocycles. The SMILES string of the molecule is CC(C)NC(Cn1ccnc1)(C(N)=O)C1CC1. The van der Waals surface area contributed by atoms with E-state index in [-0.39, 0.29) is 11.9 Å². The quantitative estimate of drug-likeness (QED) is 0.756. The van der Waals surface area contributed by atoms with Gasteiger partial charge in [0.25, 0.3) is 0 Å². The number of carbonyl (C=O) groups is 1. The van der Waals surface area contributed by atoms with Gasteiger partial charge in [-0.25, -0.2) is 4.98 Å². The first-order valence-corrected chi connectivity index (χ1v) is 6.08. The summed E-state index contributed by atoms with van der Waals surface area (Å²) in [7, 11) is 0. The molecule has 5 heteroatoms. The van der Waals surface area contributed by atoms with Gasteiger partial charge < -0.3 is 10.3 Å². The molecule has 1 unspecified atom stereocenters. The molecule has 0 saturated heterocycles. The molecule has 0 bridgehead atoms. The highest BCUT2D eigenvalue weighted by Gasteiger charge is 2.50. The van der Waals surface area contributed by atoms with E-state index in [0.717, 1.165) is 12.8 Å². The minimum Gasteiger partial charge on any atom is -0.368 e. The first-order chi connectivity index (χ1) is 8.04. The molecule has 1 aliphatic carbocycles. The molecule has 1 atom stereocenters. The zero-order valence-corrected chi connectivity index (χ0v) is 10.4. The third-order valence-electron chi connectivity index (χ3n) is 3.25. The van der Waals surface area contributed by atoms with Crippen molar-refractivity contribution >= 4 is 5.91 Å². The molecule has 2 rings (SSSR count). The number of primary amides is 1. The molecule has 1 aromatic rings. The lowest BCUT2D eigenvalue weighted by molar-refractivity contribution is -0.126. The number of amides is 1. The Morgan fingerprint density at radius 1 is 1.65 bits per heavy atom. The van der Waals surface area contributed by atoms with Crippen LogP contribution in [-0.2, 0) is 11.3 Å². The van der Waals surface area contributed by atoms with E-state index in [1.807, 2.05) is 24.6 Å². The van der Waals surface area contributed by atoms with Crippen LogP contribution in [0.1, 0.15) is 26.7 Å². The van der Waals surface area contributed by atoms with Crippen LogP contribution in [0.15, 0.2) is 18.7 Å². The Bertz CT molecular complexity index is 383. The Hall–Kier alpha value is -1.36. The van der Waals surface area contributed by atoms with Crippen molar-refractivity contribution in [2.45, 2.75) is 44.8 Å². The molecule has 17 heavy (non-hydrogen) atoms. The number of nitrogens with two attached hydrogens (primary N) is 1. The second-order valence-corrected chi connectivity index (χ2v) is 5.14. The fourth-order valence-corrected chi connectivity index (χ4v) is 2.40. The fourth-order valence-electron chi connectivity index (χ4n) is 2.40. The number of imidazole rings is 1. The van der Waals surface area contributed by atoms with Crippen LogP contribution >= 0.6 is 0 Å². The molecule has 1 saturated carbocycles. The molecule has 1 aromatic heterocycles. The predicted molar refractivity (Wildman–Crippen MR) is 65.1 cm³/mol. The Morgan fingerprint density at radius 3 is 2.76 bits per heavy atom.